The summed E-state index contributed by atoms with van der Waals surface area (Å²) in [5.41, 5.74) is 1.83. The molecule has 0 bridgehead atoms. The predicted octanol–water partition coefficient (Wildman–Crippen LogP) is 4.10. The fraction of sp³-hybridized carbons (Fsp3) is 0.0625. The van der Waals surface area contributed by atoms with E-state index in [-0.39, 0.29) is 12.6 Å². The van der Waals surface area contributed by atoms with E-state index >= 15 is 0 Å². The van der Waals surface area contributed by atoms with Crippen LogP contribution in [0.15, 0.2) is 60.7 Å². The molecule has 0 atom stereocenters. The molecule has 0 aliphatic heterocycles. The van der Waals surface area contributed by atoms with E-state index in [1.807, 2.05) is 42.5 Å². The highest BCUT2D eigenvalue weighted by Gasteiger charge is 1.99. The Morgan fingerprint density at radius 2 is 1.89 bits per heavy atom. The monoisotopic (exact) mass is 272 g/mol. The van der Waals surface area contributed by atoms with E-state index in [1.165, 1.54) is 6.08 Å². The Kier molecular flexibility index (Phi) is 4.76. The number of benzene rings is 2. The smallest absolute Gasteiger partial charge is 0.331 e. The molecular formula is C16H13ClO2. The molecule has 0 amide bonds. The van der Waals surface area contributed by atoms with Gasteiger partial charge in [-0.15, -0.1) is 0 Å². The Hall–Kier alpha value is -2.06. The van der Waals surface area contributed by atoms with Crippen LogP contribution in [-0.4, -0.2) is 5.97 Å². The van der Waals surface area contributed by atoms with Crippen molar-refractivity contribution in [2.45, 2.75) is 6.61 Å². The topological polar surface area (TPSA) is 26.3 Å². The Morgan fingerprint density at radius 3 is 2.63 bits per heavy atom. The lowest BCUT2D eigenvalue weighted by Gasteiger charge is -2.02. The van der Waals surface area contributed by atoms with E-state index < -0.39 is 0 Å². The van der Waals surface area contributed by atoms with Gasteiger partial charge in [0, 0.05) is 11.1 Å². The summed E-state index contributed by atoms with van der Waals surface area (Å²) in [5, 5.41) is 0.633. The van der Waals surface area contributed by atoms with Crippen LogP contribution in [0.1, 0.15) is 11.1 Å². The average Bonchev–Trinajstić information content (AvgIpc) is 2.44. The summed E-state index contributed by atoms with van der Waals surface area (Å²) in [6.45, 7) is 0.221. The van der Waals surface area contributed by atoms with E-state index in [4.69, 9.17) is 16.3 Å². The Balaban J connectivity index is 1.87. The number of hydrogen-bond donors (Lipinski definition) is 0. The fourth-order valence-electron chi connectivity index (χ4n) is 1.56. The molecule has 0 spiro atoms. The van der Waals surface area contributed by atoms with Crippen molar-refractivity contribution in [3.05, 3.63) is 76.8 Å². The molecule has 2 aromatic carbocycles. The lowest BCUT2D eigenvalue weighted by molar-refractivity contribution is -0.138. The van der Waals surface area contributed by atoms with Gasteiger partial charge in [-0.05, 0) is 29.3 Å². The average molecular weight is 273 g/mol. The summed E-state index contributed by atoms with van der Waals surface area (Å²) in [5.74, 6) is -0.371. The van der Waals surface area contributed by atoms with Crippen LogP contribution in [-0.2, 0) is 16.1 Å². The molecule has 0 fully saturated rings. The minimum atomic E-state index is -0.371. The first-order valence-corrected chi connectivity index (χ1v) is 6.26. The number of carbonyl (C=O) groups excluding carboxylic acids is 1. The van der Waals surface area contributed by atoms with Gasteiger partial charge in [0.1, 0.15) is 6.61 Å². The summed E-state index contributed by atoms with van der Waals surface area (Å²) in [4.78, 5) is 11.5. The molecule has 0 N–H and O–H groups in total. The molecule has 2 aromatic rings. The summed E-state index contributed by atoms with van der Waals surface area (Å²) in [6, 6.07) is 16.8. The minimum absolute atomic E-state index is 0.221. The van der Waals surface area contributed by atoms with Gasteiger partial charge in [-0.25, -0.2) is 4.79 Å². The van der Waals surface area contributed by atoms with Crippen LogP contribution in [0.5, 0.6) is 0 Å². The van der Waals surface area contributed by atoms with Crippen molar-refractivity contribution < 1.29 is 9.53 Å². The second-order valence-electron chi connectivity index (χ2n) is 3.98. The Morgan fingerprint density at radius 1 is 1.11 bits per heavy atom. The molecule has 0 aliphatic rings. The second kappa shape index (κ2) is 6.76. The summed E-state index contributed by atoms with van der Waals surface area (Å²) in [6.07, 6.45) is 3.14. The summed E-state index contributed by atoms with van der Waals surface area (Å²) in [7, 11) is 0. The number of rotatable bonds is 4. The van der Waals surface area contributed by atoms with Gasteiger partial charge >= 0.3 is 5.97 Å². The van der Waals surface area contributed by atoms with E-state index in [2.05, 4.69) is 0 Å². The number of carbonyl (C=O) groups is 1. The van der Waals surface area contributed by atoms with E-state index in [0.29, 0.717) is 5.02 Å². The quantitative estimate of drug-likeness (QED) is 0.619. The van der Waals surface area contributed by atoms with Crippen molar-refractivity contribution >= 4 is 23.6 Å². The maximum Gasteiger partial charge on any atom is 0.331 e. The SMILES string of the molecule is O=C(/C=C/c1ccccc1)OCc1cccc(Cl)c1. The second-order valence-corrected chi connectivity index (χ2v) is 4.42. The van der Waals surface area contributed by atoms with Crippen LogP contribution in [0, 0.1) is 0 Å². The first-order valence-electron chi connectivity index (χ1n) is 5.88. The minimum Gasteiger partial charge on any atom is -0.458 e. The standard InChI is InChI=1S/C16H13ClO2/c17-15-8-4-7-14(11-15)12-19-16(18)10-9-13-5-2-1-3-6-13/h1-11H,12H2/b10-9+. The molecule has 0 aromatic heterocycles. The Labute approximate surface area is 117 Å². The van der Waals surface area contributed by atoms with Crippen molar-refractivity contribution in [1.29, 1.82) is 0 Å². The van der Waals surface area contributed by atoms with Crippen LogP contribution in [0.3, 0.4) is 0 Å². The Bertz CT molecular complexity index is 576. The first-order chi connectivity index (χ1) is 9.24. The van der Waals surface area contributed by atoms with E-state index in [9.17, 15) is 4.79 Å². The van der Waals surface area contributed by atoms with Gasteiger partial charge in [-0.3, -0.25) is 0 Å². The lowest BCUT2D eigenvalue weighted by atomic mass is 10.2. The van der Waals surface area contributed by atoms with Crippen LogP contribution < -0.4 is 0 Å². The molecule has 0 radical (unpaired) electrons. The third-order valence-corrected chi connectivity index (χ3v) is 2.72. The molecule has 2 rings (SSSR count). The highest BCUT2D eigenvalue weighted by Crippen LogP contribution is 2.11. The van der Waals surface area contributed by atoms with E-state index in [1.54, 1.807) is 18.2 Å². The zero-order valence-electron chi connectivity index (χ0n) is 10.3. The normalized spacial score (nSPS) is 10.6. The van der Waals surface area contributed by atoms with Crippen LogP contribution >= 0.6 is 11.6 Å². The van der Waals surface area contributed by atoms with Gasteiger partial charge in [0.15, 0.2) is 0 Å². The highest BCUT2D eigenvalue weighted by molar-refractivity contribution is 6.30. The molecule has 0 unspecified atom stereocenters. The zero-order chi connectivity index (χ0) is 13.5. The highest BCUT2D eigenvalue weighted by atomic mass is 35.5. The molecule has 19 heavy (non-hydrogen) atoms. The molecular weight excluding hydrogens is 260 g/mol. The van der Waals surface area contributed by atoms with Crippen LogP contribution in [0.25, 0.3) is 6.08 Å². The molecule has 2 nitrogen and oxygen atoms in total. The molecule has 96 valence electrons. The van der Waals surface area contributed by atoms with Gasteiger partial charge in [-0.2, -0.15) is 0 Å². The third-order valence-electron chi connectivity index (χ3n) is 2.48. The maximum atomic E-state index is 11.5. The maximum absolute atomic E-state index is 11.5. The van der Waals surface area contributed by atoms with Gasteiger partial charge in [-0.1, -0.05) is 54.1 Å². The van der Waals surface area contributed by atoms with Gasteiger partial charge in [0.05, 0.1) is 0 Å². The first kappa shape index (κ1) is 13.4. The molecule has 0 saturated carbocycles. The predicted molar refractivity (Wildman–Crippen MR) is 76.7 cm³/mol. The number of hydrogen-bond acceptors (Lipinski definition) is 2. The fourth-order valence-corrected chi connectivity index (χ4v) is 1.77. The van der Waals surface area contributed by atoms with Crippen molar-refractivity contribution in [1.82, 2.24) is 0 Å². The van der Waals surface area contributed by atoms with Crippen LogP contribution in [0.2, 0.25) is 5.02 Å². The van der Waals surface area contributed by atoms with E-state index in [0.717, 1.165) is 11.1 Å². The van der Waals surface area contributed by atoms with Crippen molar-refractivity contribution in [2.75, 3.05) is 0 Å². The number of ether oxygens (including phenoxy) is 1. The van der Waals surface area contributed by atoms with Gasteiger partial charge < -0.3 is 4.74 Å². The van der Waals surface area contributed by atoms with Gasteiger partial charge in [0.2, 0.25) is 0 Å². The van der Waals surface area contributed by atoms with Crippen LogP contribution in [0.4, 0.5) is 0 Å². The van der Waals surface area contributed by atoms with Crippen molar-refractivity contribution in [3.63, 3.8) is 0 Å². The molecule has 0 heterocycles. The number of esters is 1. The molecule has 0 saturated heterocycles. The summed E-state index contributed by atoms with van der Waals surface area (Å²) < 4.78 is 5.12. The van der Waals surface area contributed by atoms with Crippen molar-refractivity contribution in [2.24, 2.45) is 0 Å². The van der Waals surface area contributed by atoms with Crippen molar-refractivity contribution in [3.8, 4) is 0 Å². The zero-order valence-corrected chi connectivity index (χ0v) is 11.0. The molecule has 3 heteroatoms. The largest absolute Gasteiger partial charge is 0.458 e. The summed E-state index contributed by atoms with van der Waals surface area (Å²) >= 11 is 5.85. The van der Waals surface area contributed by atoms with Gasteiger partial charge in [0.25, 0.3) is 0 Å². The molecule has 0 aliphatic carbocycles. The number of halogens is 1. The third kappa shape index (κ3) is 4.60. The lowest BCUT2D eigenvalue weighted by Crippen LogP contribution is -2.00.